The maximum atomic E-state index is 13.0. The first-order valence-corrected chi connectivity index (χ1v) is 11.2. The minimum atomic E-state index is -0.458. The van der Waals surface area contributed by atoms with Crippen LogP contribution in [-0.4, -0.2) is 44.8 Å². The van der Waals surface area contributed by atoms with Crippen molar-refractivity contribution in [3.8, 4) is 0 Å². The summed E-state index contributed by atoms with van der Waals surface area (Å²) in [5.74, 6) is 1.01. The fourth-order valence-corrected chi connectivity index (χ4v) is 4.06. The normalized spacial score (nSPS) is 16.5. The molecule has 1 unspecified atom stereocenters. The Hall–Kier alpha value is -2.41. The number of hydrogen-bond donors (Lipinski definition) is 1. The summed E-state index contributed by atoms with van der Waals surface area (Å²) in [5, 5.41) is 7.60. The molecular formula is C23H35N5O2. The number of amides is 1. The van der Waals surface area contributed by atoms with Crippen LogP contribution in [0.4, 0.5) is 0 Å². The van der Waals surface area contributed by atoms with Crippen molar-refractivity contribution in [2.75, 3.05) is 19.6 Å². The van der Waals surface area contributed by atoms with Crippen LogP contribution in [0.5, 0.6) is 0 Å². The second-order valence-electron chi connectivity index (χ2n) is 8.55. The third-order valence-electron chi connectivity index (χ3n) is 5.64. The van der Waals surface area contributed by atoms with E-state index in [1.165, 1.54) is 10.2 Å². The largest absolute Gasteiger partial charge is 0.353 e. The molecule has 7 nitrogen and oxygen atoms in total. The first-order chi connectivity index (χ1) is 14.5. The zero-order valence-electron chi connectivity index (χ0n) is 18.5. The van der Waals surface area contributed by atoms with E-state index in [2.05, 4.69) is 48.2 Å². The van der Waals surface area contributed by atoms with Gasteiger partial charge in [-0.2, -0.15) is 5.10 Å². The van der Waals surface area contributed by atoms with Crippen LogP contribution in [0.15, 0.2) is 35.1 Å². The molecule has 164 valence electrons. The molecule has 0 saturated carbocycles. The van der Waals surface area contributed by atoms with Gasteiger partial charge in [-0.25, -0.2) is 9.48 Å². The molecule has 3 rings (SSSR count). The van der Waals surface area contributed by atoms with Gasteiger partial charge in [0.1, 0.15) is 11.9 Å². The van der Waals surface area contributed by atoms with Crippen molar-refractivity contribution in [2.45, 2.75) is 65.6 Å². The zero-order chi connectivity index (χ0) is 21.5. The summed E-state index contributed by atoms with van der Waals surface area (Å²) in [7, 11) is 0. The van der Waals surface area contributed by atoms with Crippen LogP contribution in [0, 0.1) is 5.92 Å². The lowest BCUT2D eigenvalue weighted by molar-refractivity contribution is -0.124. The molecule has 0 radical (unpaired) electrons. The second kappa shape index (κ2) is 10.6. The molecule has 1 aliphatic heterocycles. The highest BCUT2D eigenvalue weighted by atomic mass is 16.2. The molecule has 1 aromatic carbocycles. The Balaban J connectivity index is 1.62. The highest BCUT2D eigenvalue weighted by molar-refractivity contribution is 5.80. The van der Waals surface area contributed by atoms with Crippen LogP contribution >= 0.6 is 0 Å². The number of carbonyl (C=O) groups is 1. The summed E-state index contributed by atoms with van der Waals surface area (Å²) in [4.78, 5) is 28.2. The van der Waals surface area contributed by atoms with Gasteiger partial charge in [-0.1, -0.05) is 57.5 Å². The maximum Gasteiger partial charge on any atom is 0.346 e. The third-order valence-corrected chi connectivity index (χ3v) is 5.64. The number of rotatable bonds is 9. The first-order valence-electron chi connectivity index (χ1n) is 11.2. The summed E-state index contributed by atoms with van der Waals surface area (Å²) >= 11 is 0. The number of fused-ring (bicyclic) bond motifs is 1. The van der Waals surface area contributed by atoms with E-state index in [0.29, 0.717) is 25.4 Å². The van der Waals surface area contributed by atoms with Crippen molar-refractivity contribution < 1.29 is 4.79 Å². The molecule has 1 amide bonds. The van der Waals surface area contributed by atoms with Gasteiger partial charge in [-0.15, -0.1) is 0 Å². The van der Waals surface area contributed by atoms with Crippen molar-refractivity contribution in [1.29, 1.82) is 0 Å². The average molecular weight is 414 g/mol. The summed E-state index contributed by atoms with van der Waals surface area (Å²) in [6, 6.07) is 9.90. The van der Waals surface area contributed by atoms with Crippen LogP contribution in [-0.2, 0) is 24.3 Å². The van der Waals surface area contributed by atoms with Gasteiger partial charge < -0.3 is 5.32 Å². The summed E-state index contributed by atoms with van der Waals surface area (Å²) in [6.07, 6.45) is 3.33. The van der Waals surface area contributed by atoms with Crippen LogP contribution in [0.3, 0.4) is 0 Å². The molecule has 1 atom stereocenters. The molecule has 1 N–H and O–H groups in total. The Kier molecular flexibility index (Phi) is 7.85. The Morgan fingerprint density at radius 1 is 1.27 bits per heavy atom. The lowest BCUT2D eigenvalue weighted by atomic mass is 10.1. The highest BCUT2D eigenvalue weighted by Gasteiger charge is 2.29. The molecule has 2 aromatic rings. The van der Waals surface area contributed by atoms with Crippen molar-refractivity contribution in [2.24, 2.45) is 5.92 Å². The molecule has 7 heteroatoms. The van der Waals surface area contributed by atoms with Gasteiger partial charge in [0.25, 0.3) is 0 Å². The van der Waals surface area contributed by atoms with E-state index < -0.39 is 6.04 Å². The average Bonchev–Trinajstić information content (AvgIpc) is 2.90. The number of aromatic nitrogens is 3. The molecular weight excluding hydrogens is 378 g/mol. The van der Waals surface area contributed by atoms with Gasteiger partial charge >= 0.3 is 5.69 Å². The molecule has 0 spiro atoms. The number of carbonyl (C=O) groups excluding carboxylic acids is 1. The molecule has 2 heterocycles. The zero-order valence-corrected chi connectivity index (χ0v) is 18.5. The Morgan fingerprint density at radius 2 is 2.03 bits per heavy atom. The number of aryl methyl sites for hydroxylation is 1. The second-order valence-corrected chi connectivity index (χ2v) is 8.55. The quantitative estimate of drug-likeness (QED) is 0.686. The smallest absolute Gasteiger partial charge is 0.346 e. The lowest BCUT2D eigenvalue weighted by Gasteiger charge is -2.22. The summed E-state index contributed by atoms with van der Waals surface area (Å²) in [6.45, 7) is 9.97. The van der Waals surface area contributed by atoms with Crippen molar-refractivity contribution in [1.82, 2.24) is 24.6 Å². The fraction of sp³-hybridized carbons (Fsp3) is 0.609. The monoisotopic (exact) mass is 413 g/mol. The topological polar surface area (TPSA) is 72.2 Å². The summed E-state index contributed by atoms with van der Waals surface area (Å²) < 4.78 is 3.18. The number of nitrogens with zero attached hydrogens (tertiary/aromatic N) is 4. The van der Waals surface area contributed by atoms with Crippen LogP contribution < -0.4 is 11.0 Å². The van der Waals surface area contributed by atoms with E-state index in [4.69, 9.17) is 0 Å². The highest BCUT2D eigenvalue weighted by Crippen LogP contribution is 2.21. The van der Waals surface area contributed by atoms with Crippen molar-refractivity contribution in [3.05, 3.63) is 52.2 Å². The Labute approximate surface area is 179 Å². The minimum Gasteiger partial charge on any atom is -0.353 e. The maximum absolute atomic E-state index is 13.0. The standard InChI is InChI=1S/C23H35N5O2/c1-4-26(17-19-10-6-5-7-11-19)15-14-24-22(29)20-12-8-9-13-21-25-27(16-18(2)3)23(30)28(20)21/h5-7,10-11,18,20H,4,8-9,12-17H2,1-3H3,(H,24,29). The van der Waals surface area contributed by atoms with Crippen LogP contribution in [0.1, 0.15) is 57.5 Å². The van der Waals surface area contributed by atoms with Crippen molar-refractivity contribution >= 4 is 5.91 Å². The Morgan fingerprint density at radius 3 is 2.73 bits per heavy atom. The van der Waals surface area contributed by atoms with Gasteiger partial charge in [0.05, 0.1) is 0 Å². The minimum absolute atomic E-state index is 0.0693. The molecule has 0 aliphatic carbocycles. The number of likely N-dealkylation sites (N-methyl/N-ethyl adjacent to an activating group) is 1. The Bertz CT molecular complexity index is 871. The SMILES string of the molecule is CCN(CCNC(=O)C1CCCCc2nn(CC(C)C)c(=O)n21)Cc1ccccc1. The van der Waals surface area contributed by atoms with Gasteiger partial charge in [-0.3, -0.25) is 14.3 Å². The molecule has 1 aliphatic rings. The van der Waals surface area contributed by atoms with E-state index >= 15 is 0 Å². The summed E-state index contributed by atoms with van der Waals surface area (Å²) in [5.41, 5.74) is 1.11. The fourth-order valence-electron chi connectivity index (χ4n) is 4.06. The van der Waals surface area contributed by atoms with Gasteiger partial charge in [0.15, 0.2) is 0 Å². The third kappa shape index (κ3) is 5.59. The lowest BCUT2D eigenvalue weighted by Crippen LogP contribution is -2.41. The van der Waals surface area contributed by atoms with E-state index in [1.54, 1.807) is 4.57 Å². The van der Waals surface area contributed by atoms with Crippen molar-refractivity contribution in [3.63, 3.8) is 0 Å². The number of hydrogen-bond acceptors (Lipinski definition) is 4. The van der Waals surface area contributed by atoms with Crippen LogP contribution in [0.2, 0.25) is 0 Å². The van der Waals surface area contributed by atoms with Gasteiger partial charge in [0.2, 0.25) is 5.91 Å². The van der Waals surface area contributed by atoms with Gasteiger partial charge in [-0.05, 0) is 30.9 Å². The van der Waals surface area contributed by atoms with Gasteiger partial charge in [0, 0.05) is 32.6 Å². The van der Waals surface area contributed by atoms with E-state index in [-0.39, 0.29) is 11.6 Å². The number of benzene rings is 1. The van der Waals surface area contributed by atoms with Crippen LogP contribution in [0.25, 0.3) is 0 Å². The molecule has 30 heavy (non-hydrogen) atoms. The first kappa shape index (κ1) is 22.3. The predicted octanol–water partition coefficient (Wildman–Crippen LogP) is 2.61. The predicted molar refractivity (Wildman–Crippen MR) is 118 cm³/mol. The molecule has 1 aromatic heterocycles. The molecule has 0 saturated heterocycles. The molecule has 0 bridgehead atoms. The van der Waals surface area contributed by atoms with E-state index in [9.17, 15) is 9.59 Å². The number of nitrogens with one attached hydrogen (secondary N) is 1. The van der Waals surface area contributed by atoms with E-state index in [1.807, 2.05) is 18.2 Å². The molecule has 0 fully saturated rings. The van der Waals surface area contributed by atoms with E-state index in [0.717, 1.165) is 44.7 Å².